The average Bonchev–Trinajstić information content (AvgIpc) is 2.90. The molecule has 0 aliphatic carbocycles. The molecule has 2 aliphatic heterocycles. The van der Waals surface area contributed by atoms with Gasteiger partial charge in [-0.3, -0.25) is 4.79 Å². The van der Waals surface area contributed by atoms with Gasteiger partial charge in [0.05, 0.1) is 32.0 Å². The third-order valence-electron chi connectivity index (χ3n) is 5.97. The van der Waals surface area contributed by atoms with Crippen LogP contribution in [0.15, 0.2) is 5.11 Å². The normalized spacial score (nSPS) is 37.1. The van der Waals surface area contributed by atoms with Crippen LogP contribution in [-0.2, 0) is 28.5 Å². The van der Waals surface area contributed by atoms with E-state index in [9.17, 15) is 50.4 Å². The minimum absolute atomic E-state index is 0.159. The van der Waals surface area contributed by atoms with Crippen LogP contribution >= 0.6 is 0 Å². The van der Waals surface area contributed by atoms with E-state index in [0.717, 1.165) is 0 Å². The average molecular weight is 556 g/mol. The van der Waals surface area contributed by atoms with Crippen LogP contribution in [0.1, 0.15) is 6.42 Å². The maximum atomic E-state index is 12.2. The Labute approximate surface area is 214 Å². The van der Waals surface area contributed by atoms with Gasteiger partial charge >= 0.3 is 5.97 Å². The fourth-order valence-corrected chi connectivity index (χ4v) is 3.94. The summed E-state index contributed by atoms with van der Waals surface area (Å²) in [6, 6.07) is -1.57. The third-order valence-corrected chi connectivity index (χ3v) is 5.97. The standard InChI is InChI=1S/C19H32N4O15/c20-23-21-1-2-35-17-15(32)14(31)13(30)9(37-17)6-36-19(18(33)34)3-7(26)11(22-10(28)5-25)16(38-19)12(29)8(27)4-24/h7-9,11-17,24-27,29-32H,1-6H2,(H,22,28)(H,33,34)/t7-,8?,9+,11+,12?,13-,14-,15+,16+,17+,19+/m0/s1. The number of carboxylic acid groups (broad SMARTS) is 1. The Balaban J connectivity index is 2.25. The first-order valence-corrected chi connectivity index (χ1v) is 11.3. The zero-order chi connectivity index (χ0) is 28.6. The number of azide groups is 1. The van der Waals surface area contributed by atoms with Gasteiger partial charge in [-0.1, -0.05) is 5.11 Å². The minimum Gasteiger partial charge on any atom is -0.477 e. The van der Waals surface area contributed by atoms with E-state index in [2.05, 4.69) is 15.3 Å². The first kappa shape index (κ1) is 32.0. The molecule has 19 heteroatoms. The molecule has 2 heterocycles. The van der Waals surface area contributed by atoms with E-state index in [1.54, 1.807) is 0 Å². The van der Waals surface area contributed by atoms with Gasteiger partial charge in [0.2, 0.25) is 5.91 Å². The molecule has 0 aromatic heterocycles. The summed E-state index contributed by atoms with van der Waals surface area (Å²) >= 11 is 0. The number of carbonyl (C=O) groups excluding carboxylic acids is 1. The smallest absolute Gasteiger partial charge is 0.364 e. The topological polar surface area (TPSA) is 314 Å². The number of ether oxygens (including phenoxy) is 4. The number of aliphatic carboxylic acids is 1. The second kappa shape index (κ2) is 14.2. The molecule has 19 nitrogen and oxygen atoms in total. The second-order valence-electron chi connectivity index (χ2n) is 8.55. The predicted molar refractivity (Wildman–Crippen MR) is 117 cm³/mol. The number of carboxylic acids is 1. The fourth-order valence-electron chi connectivity index (χ4n) is 3.94. The lowest BCUT2D eigenvalue weighted by Gasteiger charge is -2.47. The highest BCUT2D eigenvalue weighted by atomic mass is 16.7. The summed E-state index contributed by atoms with van der Waals surface area (Å²) < 4.78 is 21.3. The molecule has 38 heavy (non-hydrogen) atoms. The zero-order valence-electron chi connectivity index (χ0n) is 19.8. The molecule has 0 aromatic rings. The van der Waals surface area contributed by atoms with Gasteiger partial charge in [0, 0.05) is 17.9 Å². The summed E-state index contributed by atoms with van der Waals surface area (Å²) in [5, 5.41) is 94.9. The van der Waals surface area contributed by atoms with Gasteiger partial charge in [0.1, 0.15) is 49.3 Å². The Kier molecular flexibility index (Phi) is 12.0. The quantitative estimate of drug-likeness (QED) is 0.0437. The van der Waals surface area contributed by atoms with E-state index < -0.39 is 105 Å². The maximum Gasteiger partial charge on any atom is 0.364 e. The van der Waals surface area contributed by atoms with Gasteiger partial charge in [-0.15, -0.1) is 0 Å². The highest BCUT2D eigenvalue weighted by molar-refractivity contribution is 5.78. The summed E-state index contributed by atoms with van der Waals surface area (Å²) in [6.07, 6.45) is -17.0. The van der Waals surface area contributed by atoms with Crippen molar-refractivity contribution in [3.8, 4) is 0 Å². The lowest BCUT2D eigenvalue weighted by atomic mass is 9.88. The minimum atomic E-state index is -2.78. The molecule has 0 aromatic carbocycles. The van der Waals surface area contributed by atoms with Gasteiger partial charge in [-0.25, -0.2) is 4.79 Å². The van der Waals surface area contributed by atoms with Crippen LogP contribution in [0.4, 0.5) is 0 Å². The summed E-state index contributed by atoms with van der Waals surface area (Å²) in [4.78, 5) is 26.4. The largest absolute Gasteiger partial charge is 0.477 e. The zero-order valence-corrected chi connectivity index (χ0v) is 19.8. The molecule has 2 aliphatic rings. The predicted octanol–water partition coefficient (Wildman–Crippen LogP) is -5.74. The number of aliphatic hydroxyl groups is 8. The van der Waals surface area contributed by atoms with Gasteiger partial charge in [0.25, 0.3) is 5.79 Å². The van der Waals surface area contributed by atoms with Crippen molar-refractivity contribution in [2.24, 2.45) is 5.11 Å². The number of rotatable bonds is 13. The Bertz CT molecular complexity index is 847. The van der Waals surface area contributed by atoms with E-state index in [1.807, 2.05) is 0 Å². The highest BCUT2D eigenvalue weighted by Crippen LogP contribution is 2.34. The van der Waals surface area contributed by atoms with Crippen molar-refractivity contribution in [1.29, 1.82) is 0 Å². The van der Waals surface area contributed by atoms with E-state index in [1.165, 1.54) is 0 Å². The number of nitrogens with zero attached hydrogens (tertiary/aromatic N) is 3. The molecule has 218 valence electrons. The summed E-state index contributed by atoms with van der Waals surface area (Å²) in [5.41, 5.74) is 8.31. The van der Waals surface area contributed by atoms with Crippen LogP contribution in [0.5, 0.6) is 0 Å². The van der Waals surface area contributed by atoms with Crippen LogP contribution in [0.25, 0.3) is 10.4 Å². The van der Waals surface area contributed by atoms with Crippen LogP contribution in [-0.4, -0.2) is 158 Å². The van der Waals surface area contributed by atoms with Gasteiger partial charge in [-0.2, -0.15) is 0 Å². The van der Waals surface area contributed by atoms with Crippen molar-refractivity contribution in [2.75, 3.05) is 33.0 Å². The molecule has 10 N–H and O–H groups in total. The maximum absolute atomic E-state index is 12.2. The number of carbonyl (C=O) groups is 2. The molecule has 0 radical (unpaired) electrons. The SMILES string of the molecule is [N-]=[N+]=NCCO[C@@H]1O[C@H](CO[C@]2(C(=O)O)C[C@H](O)[C@@H](NC(=O)CO)[C@H](C(O)C(O)CO)O2)[C@H](O)[C@H](O)[C@H]1O. The first-order valence-electron chi connectivity index (χ1n) is 11.3. The summed E-state index contributed by atoms with van der Waals surface area (Å²) in [6.45, 7) is -3.30. The molecule has 0 spiro atoms. The molecule has 2 unspecified atom stereocenters. The van der Waals surface area contributed by atoms with Crippen LogP contribution in [0.2, 0.25) is 0 Å². The second-order valence-corrected chi connectivity index (χ2v) is 8.55. The lowest BCUT2D eigenvalue weighted by Crippen LogP contribution is -2.68. The molecular formula is C19H32N4O15. The van der Waals surface area contributed by atoms with Crippen molar-refractivity contribution >= 4 is 11.9 Å². The Morgan fingerprint density at radius 1 is 1.16 bits per heavy atom. The monoisotopic (exact) mass is 556 g/mol. The molecule has 0 saturated carbocycles. The van der Waals surface area contributed by atoms with Crippen LogP contribution in [0, 0.1) is 0 Å². The first-order chi connectivity index (χ1) is 17.9. The van der Waals surface area contributed by atoms with Crippen molar-refractivity contribution in [1.82, 2.24) is 5.32 Å². The molecule has 0 bridgehead atoms. The van der Waals surface area contributed by atoms with Crippen molar-refractivity contribution in [2.45, 2.75) is 73.4 Å². The van der Waals surface area contributed by atoms with Crippen molar-refractivity contribution in [3.63, 3.8) is 0 Å². The van der Waals surface area contributed by atoms with Crippen LogP contribution in [0.3, 0.4) is 0 Å². The number of hydrogen-bond acceptors (Lipinski definition) is 15. The van der Waals surface area contributed by atoms with E-state index in [0.29, 0.717) is 0 Å². The fraction of sp³-hybridized carbons (Fsp3) is 0.895. The van der Waals surface area contributed by atoms with Gasteiger partial charge < -0.3 is 70.2 Å². The third kappa shape index (κ3) is 7.45. The Morgan fingerprint density at radius 3 is 2.42 bits per heavy atom. The highest BCUT2D eigenvalue weighted by Gasteiger charge is 2.56. The lowest BCUT2D eigenvalue weighted by molar-refractivity contribution is -0.338. The van der Waals surface area contributed by atoms with Crippen LogP contribution < -0.4 is 5.32 Å². The van der Waals surface area contributed by atoms with E-state index in [4.69, 9.17) is 29.6 Å². The number of amides is 1. The molecule has 2 fully saturated rings. The van der Waals surface area contributed by atoms with Crippen molar-refractivity contribution in [3.05, 3.63) is 10.4 Å². The van der Waals surface area contributed by atoms with Gasteiger partial charge in [0.15, 0.2) is 6.29 Å². The number of nitrogens with one attached hydrogen (secondary N) is 1. The van der Waals surface area contributed by atoms with Gasteiger partial charge in [-0.05, 0) is 5.53 Å². The molecule has 2 rings (SSSR count). The molecule has 1 amide bonds. The summed E-state index contributed by atoms with van der Waals surface area (Å²) in [7, 11) is 0. The molecule has 11 atom stereocenters. The molecule has 2 saturated heterocycles. The summed E-state index contributed by atoms with van der Waals surface area (Å²) in [5.74, 6) is -5.65. The van der Waals surface area contributed by atoms with Crippen molar-refractivity contribution < 1.29 is 74.5 Å². The molecular weight excluding hydrogens is 524 g/mol. The number of hydrogen-bond donors (Lipinski definition) is 10. The van der Waals surface area contributed by atoms with E-state index in [-0.39, 0.29) is 13.2 Å². The Hall–Kier alpha value is -2.23. The number of aliphatic hydroxyl groups excluding tert-OH is 8. The Morgan fingerprint density at radius 2 is 1.84 bits per heavy atom. The van der Waals surface area contributed by atoms with E-state index >= 15 is 0 Å².